The van der Waals surface area contributed by atoms with Crippen molar-refractivity contribution in [3.8, 4) is 5.75 Å². The summed E-state index contributed by atoms with van der Waals surface area (Å²) in [5, 5.41) is 13.9. The van der Waals surface area contributed by atoms with Gasteiger partial charge in [0.1, 0.15) is 17.4 Å². The number of ether oxygens (including phenoxy) is 1. The summed E-state index contributed by atoms with van der Waals surface area (Å²) < 4.78 is 25.6. The topological polar surface area (TPSA) is 136 Å². The molecule has 3 N–H and O–H groups in total. The van der Waals surface area contributed by atoms with E-state index in [0.29, 0.717) is 52.8 Å². The number of carbonyl (C=O) groups excluding carboxylic acids is 2. The molecule has 2 atom stereocenters. The van der Waals surface area contributed by atoms with Gasteiger partial charge in [-0.25, -0.2) is 15.0 Å². The molecule has 2 heterocycles. The molecule has 0 saturated carbocycles. The lowest BCUT2D eigenvalue weighted by Gasteiger charge is -2.42. The van der Waals surface area contributed by atoms with E-state index in [1.165, 1.54) is 5.01 Å². The summed E-state index contributed by atoms with van der Waals surface area (Å²) in [5.41, 5.74) is 3.14. The molecule has 264 valence electrons. The van der Waals surface area contributed by atoms with Gasteiger partial charge in [0.05, 0.1) is 23.7 Å². The maximum Gasteiger partial charge on any atom is 0.494 e. The highest BCUT2D eigenvalue weighted by Crippen LogP contribution is 2.43. The summed E-state index contributed by atoms with van der Waals surface area (Å²) in [6.45, 7) is 27.0. The number of hydrogen-bond donors (Lipinski definition) is 3. The molecular formula is C34H58BN3O8Si. The van der Waals surface area contributed by atoms with Crippen LogP contribution in [0.4, 0.5) is 4.79 Å². The van der Waals surface area contributed by atoms with Crippen molar-refractivity contribution in [2.24, 2.45) is 0 Å². The van der Waals surface area contributed by atoms with Crippen molar-refractivity contribution in [3.63, 3.8) is 0 Å². The van der Waals surface area contributed by atoms with Crippen LogP contribution in [0.25, 0.3) is 0 Å². The van der Waals surface area contributed by atoms with Crippen molar-refractivity contribution in [2.45, 2.75) is 155 Å². The Labute approximate surface area is 283 Å². The Bertz CT molecular complexity index is 1260. The molecule has 0 aliphatic carbocycles. The molecule has 0 spiro atoms. The average molecular weight is 676 g/mol. The molecule has 2 aliphatic heterocycles. The molecule has 2 amide bonds. The third kappa shape index (κ3) is 8.90. The van der Waals surface area contributed by atoms with Crippen molar-refractivity contribution in [3.05, 3.63) is 23.8 Å². The molecule has 1 aromatic carbocycles. The van der Waals surface area contributed by atoms with E-state index in [2.05, 4.69) is 52.3 Å². The predicted molar refractivity (Wildman–Crippen MR) is 186 cm³/mol. The van der Waals surface area contributed by atoms with Gasteiger partial charge in [0, 0.05) is 6.54 Å². The smallest absolute Gasteiger partial charge is 0.494 e. The van der Waals surface area contributed by atoms with Gasteiger partial charge in [0.2, 0.25) is 5.91 Å². The molecule has 2 fully saturated rings. The maximum absolute atomic E-state index is 13.8. The number of carboxylic acid groups (broad SMARTS) is 1. The van der Waals surface area contributed by atoms with Gasteiger partial charge in [-0.3, -0.25) is 9.80 Å². The van der Waals surface area contributed by atoms with Crippen LogP contribution in [-0.2, 0) is 23.6 Å². The number of nitrogens with zero attached hydrogens (tertiary/aromatic N) is 1. The van der Waals surface area contributed by atoms with Gasteiger partial charge >= 0.3 is 19.2 Å². The molecule has 1 unspecified atom stereocenters. The fraction of sp³-hybridized carbons (Fsp3) is 0.735. The van der Waals surface area contributed by atoms with Gasteiger partial charge in [-0.05, 0) is 101 Å². The first-order chi connectivity index (χ1) is 21.5. The molecule has 0 aromatic heterocycles. The second-order valence-corrected chi connectivity index (χ2v) is 21.3. The number of amides is 2. The van der Waals surface area contributed by atoms with Crippen LogP contribution in [0.5, 0.6) is 5.75 Å². The summed E-state index contributed by atoms with van der Waals surface area (Å²) in [6.07, 6.45) is 0.0451. The first-order valence-corrected chi connectivity index (χ1v) is 19.1. The third-order valence-electron chi connectivity index (χ3n) is 9.75. The molecule has 0 radical (unpaired) electrons. The van der Waals surface area contributed by atoms with Crippen LogP contribution < -0.4 is 20.6 Å². The van der Waals surface area contributed by atoms with E-state index in [4.69, 9.17) is 18.5 Å². The SMILES string of the molecule is CC(C)[Si](Oc1cc(B2OC(C)(C)C(C)(C)O2)cc(C(CC(=O)N2NCCC[C@H]2C(=O)O)NC(=O)OC(C)(C)C)c1)(C(C)C)C(C)C. The lowest BCUT2D eigenvalue weighted by Crippen LogP contribution is -2.56. The normalized spacial score (nSPS) is 20.5. The van der Waals surface area contributed by atoms with E-state index in [9.17, 15) is 19.5 Å². The van der Waals surface area contributed by atoms with Crippen molar-refractivity contribution in [2.75, 3.05) is 6.54 Å². The third-order valence-corrected chi connectivity index (χ3v) is 15.8. The van der Waals surface area contributed by atoms with Crippen LogP contribution in [0.15, 0.2) is 18.2 Å². The van der Waals surface area contributed by atoms with Gasteiger partial charge in [-0.1, -0.05) is 47.6 Å². The van der Waals surface area contributed by atoms with E-state index in [0.717, 1.165) is 0 Å². The van der Waals surface area contributed by atoms with E-state index in [1.54, 1.807) is 20.8 Å². The monoisotopic (exact) mass is 675 g/mol. The molecule has 2 aliphatic rings. The zero-order valence-corrected chi connectivity index (χ0v) is 31.8. The van der Waals surface area contributed by atoms with Crippen LogP contribution in [0.3, 0.4) is 0 Å². The molecule has 2 saturated heterocycles. The van der Waals surface area contributed by atoms with E-state index in [1.807, 2.05) is 45.9 Å². The van der Waals surface area contributed by atoms with Gasteiger partial charge in [-0.15, -0.1) is 0 Å². The number of rotatable bonds is 11. The number of carboxylic acids is 1. The molecule has 1 aromatic rings. The number of aliphatic carboxylic acids is 1. The van der Waals surface area contributed by atoms with E-state index >= 15 is 0 Å². The Hall–Kier alpha value is -2.61. The maximum atomic E-state index is 13.8. The summed E-state index contributed by atoms with van der Waals surface area (Å²) in [5.74, 6) is -0.937. The lowest BCUT2D eigenvalue weighted by molar-refractivity contribution is -0.155. The highest BCUT2D eigenvalue weighted by atomic mass is 28.4. The number of benzene rings is 1. The Morgan fingerprint density at radius 1 is 1.02 bits per heavy atom. The van der Waals surface area contributed by atoms with E-state index in [-0.39, 0.29) is 6.42 Å². The largest absolute Gasteiger partial charge is 0.543 e. The van der Waals surface area contributed by atoms with Crippen molar-refractivity contribution < 1.29 is 38.0 Å². The van der Waals surface area contributed by atoms with Crippen LogP contribution in [0.1, 0.15) is 121 Å². The van der Waals surface area contributed by atoms with Gasteiger partial charge in [-0.2, -0.15) is 0 Å². The molecule has 13 heteroatoms. The molecule has 47 heavy (non-hydrogen) atoms. The second kappa shape index (κ2) is 14.5. The molecular weight excluding hydrogens is 617 g/mol. The first kappa shape index (κ1) is 38.8. The highest BCUT2D eigenvalue weighted by Gasteiger charge is 2.52. The Kier molecular flexibility index (Phi) is 12.0. The second-order valence-electron chi connectivity index (χ2n) is 15.9. The van der Waals surface area contributed by atoms with Crippen molar-refractivity contribution >= 4 is 38.9 Å². The van der Waals surface area contributed by atoms with Crippen LogP contribution in [-0.4, -0.2) is 72.9 Å². The molecule has 3 rings (SSSR count). The number of alkyl carbamates (subject to hydrolysis) is 1. The summed E-state index contributed by atoms with van der Waals surface area (Å²) in [6, 6.07) is 3.79. The number of hydrogen-bond acceptors (Lipinski definition) is 8. The highest BCUT2D eigenvalue weighted by molar-refractivity contribution is 6.78. The van der Waals surface area contributed by atoms with Crippen molar-refractivity contribution in [1.29, 1.82) is 0 Å². The Balaban J connectivity index is 2.18. The Morgan fingerprint density at radius 2 is 1.57 bits per heavy atom. The predicted octanol–water partition coefficient (Wildman–Crippen LogP) is 6.08. The fourth-order valence-electron chi connectivity index (χ4n) is 6.78. The van der Waals surface area contributed by atoms with Gasteiger partial charge in [0.15, 0.2) is 0 Å². The minimum atomic E-state index is -2.43. The quantitative estimate of drug-likeness (QED) is 0.239. The zero-order valence-electron chi connectivity index (χ0n) is 30.8. The Morgan fingerprint density at radius 3 is 2.06 bits per heavy atom. The number of nitrogens with one attached hydrogen (secondary N) is 2. The summed E-state index contributed by atoms with van der Waals surface area (Å²) >= 11 is 0. The lowest BCUT2D eigenvalue weighted by atomic mass is 9.77. The summed E-state index contributed by atoms with van der Waals surface area (Å²) in [7, 11) is -3.16. The minimum absolute atomic E-state index is 0.219. The van der Waals surface area contributed by atoms with Gasteiger partial charge in [0.25, 0.3) is 8.32 Å². The van der Waals surface area contributed by atoms with Crippen LogP contribution >= 0.6 is 0 Å². The number of hydrazine groups is 1. The fourth-order valence-corrected chi connectivity index (χ4v) is 12.0. The van der Waals surface area contributed by atoms with Crippen LogP contribution in [0.2, 0.25) is 16.6 Å². The first-order valence-electron chi connectivity index (χ1n) is 17.0. The molecule has 0 bridgehead atoms. The standard InChI is InChI=1S/C34H58BN3O8Si/c1-21(2)47(22(3)4,23(5)6)44-26-18-24(17-25(19-26)35-45-33(10,11)34(12,13)46-35)27(37-31(42)43-32(7,8)9)20-29(39)38-28(30(40)41)15-14-16-36-38/h17-19,21-23,27-28,36H,14-16,20H2,1-13H3,(H,37,42)(H,40,41)/t27?,28-/m0/s1. The van der Waals surface area contributed by atoms with Gasteiger partial charge < -0.3 is 28.9 Å². The minimum Gasteiger partial charge on any atom is -0.543 e. The van der Waals surface area contributed by atoms with Crippen molar-refractivity contribution in [1.82, 2.24) is 15.8 Å². The average Bonchev–Trinajstić information content (AvgIpc) is 3.15. The number of carbonyl (C=O) groups is 3. The van der Waals surface area contributed by atoms with E-state index < -0.39 is 62.3 Å². The summed E-state index contributed by atoms with van der Waals surface area (Å²) in [4.78, 5) is 39.0. The van der Waals surface area contributed by atoms with Crippen LogP contribution in [0, 0.1) is 0 Å². The zero-order chi connectivity index (χ0) is 35.7. The molecule has 11 nitrogen and oxygen atoms in total.